The van der Waals surface area contributed by atoms with Crippen LogP contribution in [0.2, 0.25) is 0 Å². The first-order valence-electron chi connectivity index (χ1n) is 5.69. The molecule has 0 bridgehead atoms. The first-order chi connectivity index (χ1) is 6.35. The Labute approximate surface area is 83.7 Å². The monoisotopic (exact) mass is 180 g/mol. The molecule has 0 aliphatic rings. The normalized spacial score (nSPS) is 10.7. The van der Waals surface area contributed by atoms with E-state index in [1.807, 2.05) is 0 Å². The molecule has 0 aliphatic carbocycles. The maximum Gasteiger partial charge on any atom is -0.0346 e. The van der Waals surface area contributed by atoms with Gasteiger partial charge in [0.05, 0.1) is 0 Å². The molecule has 0 nitrogen and oxygen atoms in total. The predicted octanol–water partition coefficient (Wildman–Crippen LogP) is 4.87. The van der Waals surface area contributed by atoms with Gasteiger partial charge < -0.3 is 0 Å². The van der Waals surface area contributed by atoms with Gasteiger partial charge in [-0.1, -0.05) is 57.4 Å². The summed E-state index contributed by atoms with van der Waals surface area (Å²) in [7, 11) is 0. The van der Waals surface area contributed by atoms with Crippen LogP contribution in [0.3, 0.4) is 0 Å². The summed E-state index contributed by atoms with van der Waals surface area (Å²) in [6, 6.07) is 0. The lowest BCUT2D eigenvalue weighted by molar-refractivity contribution is 0.729. The first kappa shape index (κ1) is 12.5. The summed E-state index contributed by atoms with van der Waals surface area (Å²) < 4.78 is 0. The van der Waals surface area contributed by atoms with Crippen molar-refractivity contribution < 1.29 is 0 Å². The van der Waals surface area contributed by atoms with Crippen molar-refractivity contribution in [2.45, 2.75) is 59.3 Å². The standard InChI is InChI=1S/C13H24/c1-4-7-8-9-10-11-12-13(5-2)6-3/h10-12H,4-9H2,1-3H3/b11-10-. The molecule has 0 spiro atoms. The summed E-state index contributed by atoms with van der Waals surface area (Å²) in [5, 5.41) is 0. The van der Waals surface area contributed by atoms with E-state index in [0.717, 1.165) is 0 Å². The molecule has 0 heteroatoms. The van der Waals surface area contributed by atoms with Crippen molar-refractivity contribution in [3.05, 3.63) is 23.8 Å². The zero-order valence-electron chi connectivity index (χ0n) is 9.47. The Kier molecular flexibility index (Phi) is 9.18. The highest BCUT2D eigenvalue weighted by molar-refractivity contribution is 5.11. The third-order valence-corrected chi connectivity index (χ3v) is 2.35. The average Bonchev–Trinajstić information content (AvgIpc) is 2.17. The number of rotatable bonds is 7. The Morgan fingerprint density at radius 1 is 1.00 bits per heavy atom. The largest absolute Gasteiger partial charge is 0.0845 e. The van der Waals surface area contributed by atoms with Crippen molar-refractivity contribution in [1.82, 2.24) is 0 Å². The van der Waals surface area contributed by atoms with Crippen molar-refractivity contribution >= 4 is 0 Å². The van der Waals surface area contributed by atoms with E-state index in [1.165, 1.54) is 38.5 Å². The topological polar surface area (TPSA) is 0 Å². The number of hydrogen-bond donors (Lipinski definition) is 0. The van der Waals surface area contributed by atoms with E-state index in [0.29, 0.717) is 0 Å². The van der Waals surface area contributed by atoms with E-state index in [-0.39, 0.29) is 0 Å². The summed E-state index contributed by atoms with van der Waals surface area (Å²) in [5.41, 5.74) is 1.55. The zero-order chi connectivity index (χ0) is 9.94. The van der Waals surface area contributed by atoms with Crippen LogP contribution in [0.1, 0.15) is 59.3 Å². The summed E-state index contributed by atoms with van der Waals surface area (Å²) in [6.45, 7) is 6.69. The van der Waals surface area contributed by atoms with Gasteiger partial charge >= 0.3 is 0 Å². The molecule has 0 saturated carbocycles. The van der Waals surface area contributed by atoms with Gasteiger partial charge in [-0.05, 0) is 25.7 Å². The van der Waals surface area contributed by atoms with Gasteiger partial charge in [0.1, 0.15) is 0 Å². The maximum absolute atomic E-state index is 2.29. The van der Waals surface area contributed by atoms with Crippen LogP contribution in [-0.4, -0.2) is 0 Å². The Balaban J connectivity index is 3.53. The van der Waals surface area contributed by atoms with Gasteiger partial charge in [-0.15, -0.1) is 0 Å². The van der Waals surface area contributed by atoms with Crippen LogP contribution in [0.15, 0.2) is 23.8 Å². The second-order valence-electron chi connectivity index (χ2n) is 3.46. The molecule has 0 aromatic carbocycles. The van der Waals surface area contributed by atoms with Crippen molar-refractivity contribution in [2.75, 3.05) is 0 Å². The van der Waals surface area contributed by atoms with Crippen LogP contribution in [0.4, 0.5) is 0 Å². The highest BCUT2D eigenvalue weighted by Crippen LogP contribution is 2.06. The predicted molar refractivity (Wildman–Crippen MR) is 61.9 cm³/mol. The molecule has 0 unspecified atom stereocenters. The Morgan fingerprint density at radius 3 is 2.23 bits per heavy atom. The highest BCUT2D eigenvalue weighted by atomic mass is 13.9. The van der Waals surface area contributed by atoms with E-state index in [2.05, 4.69) is 39.0 Å². The van der Waals surface area contributed by atoms with Crippen LogP contribution in [0.5, 0.6) is 0 Å². The Bertz CT molecular complexity index is 145. The second-order valence-corrected chi connectivity index (χ2v) is 3.46. The molecule has 0 aromatic rings. The van der Waals surface area contributed by atoms with E-state index in [1.54, 1.807) is 5.57 Å². The van der Waals surface area contributed by atoms with Crippen molar-refractivity contribution in [3.8, 4) is 0 Å². The van der Waals surface area contributed by atoms with Crippen molar-refractivity contribution in [1.29, 1.82) is 0 Å². The summed E-state index contributed by atoms with van der Waals surface area (Å²) in [4.78, 5) is 0. The van der Waals surface area contributed by atoms with Gasteiger partial charge in [-0.2, -0.15) is 0 Å². The molecule has 0 aromatic heterocycles. The van der Waals surface area contributed by atoms with Crippen LogP contribution in [0, 0.1) is 0 Å². The van der Waals surface area contributed by atoms with Gasteiger partial charge in [0.15, 0.2) is 0 Å². The van der Waals surface area contributed by atoms with Crippen molar-refractivity contribution in [3.63, 3.8) is 0 Å². The fourth-order valence-electron chi connectivity index (χ4n) is 1.30. The van der Waals surface area contributed by atoms with Crippen LogP contribution >= 0.6 is 0 Å². The molecule has 0 radical (unpaired) electrons. The number of allylic oxidation sites excluding steroid dienone is 4. The molecular formula is C13H24. The zero-order valence-corrected chi connectivity index (χ0v) is 9.47. The quantitative estimate of drug-likeness (QED) is 0.387. The van der Waals surface area contributed by atoms with Crippen molar-refractivity contribution in [2.24, 2.45) is 0 Å². The molecule has 0 fully saturated rings. The number of unbranched alkanes of at least 4 members (excludes halogenated alkanes) is 3. The molecule has 0 saturated heterocycles. The second kappa shape index (κ2) is 9.57. The van der Waals surface area contributed by atoms with Crippen LogP contribution in [0.25, 0.3) is 0 Å². The van der Waals surface area contributed by atoms with Crippen LogP contribution in [-0.2, 0) is 0 Å². The van der Waals surface area contributed by atoms with Crippen LogP contribution < -0.4 is 0 Å². The molecule has 0 amide bonds. The minimum atomic E-state index is 1.19. The fraction of sp³-hybridized carbons (Fsp3) is 0.692. The smallest absolute Gasteiger partial charge is 0.0346 e. The van der Waals surface area contributed by atoms with E-state index >= 15 is 0 Å². The number of hydrogen-bond acceptors (Lipinski definition) is 0. The summed E-state index contributed by atoms with van der Waals surface area (Å²) in [6.07, 6.45) is 14.4. The third kappa shape index (κ3) is 7.83. The van der Waals surface area contributed by atoms with Gasteiger partial charge in [0.2, 0.25) is 0 Å². The van der Waals surface area contributed by atoms with E-state index in [4.69, 9.17) is 0 Å². The molecule has 0 heterocycles. The van der Waals surface area contributed by atoms with Gasteiger partial charge in [-0.25, -0.2) is 0 Å². The lowest BCUT2D eigenvalue weighted by Crippen LogP contribution is -1.75. The van der Waals surface area contributed by atoms with Gasteiger partial charge in [-0.3, -0.25) is 0 Å². The molecule has 0 aliphatic heterocycles. The molecule has 0 N–H and O–H groups in total. The Morgan fingerprint density at radius 2 is 1.69 bits per heavy atom. The highest BCUT2D eigenvalue weighted by Gasteiger charge is 1.85. The molecular weight excluding hydrogens is 156 g/mol. The maximum atomic E-state index is 2.29. The molecule has 76 valence electrons. The van der Waals surface area contributed by atoms with Gasteiger partial charge in [0.25, 0.3) is 0 Å². The lowest BCUT2D eigenvalue weighted by atomic mass is 10.1. The first-order valence-corrected chi connectivity index (χ1v) is 5.69. The van der Waals surface area contributed by atoms with E-state index in [9.17, 15) is 0 Å². The minimum absolute atomic E-state index is 1.19. The molecule has 13 heavy (non-hydrogen) atoms. The SMILES string of the molecule is CCCCC/C=C\C=C(CC)CC. The average molecular weight is 180 g/mol. The minimum Gasteiger partial charge on any atom is -0.0845 e. The summed E-state index contributed by atoms with van der Waals surface area (Å²) in [5.74, 6) is 0. The molecule has 0 atom stereocenters. The third-order valence-electron chi connectivity index (χ3n) is 2.35. The fourth-order valence-corrected chi connectivity index (χ4v) is 1.30. The Hall–Kier alpha value is -0.520. The summed E-state index contributed by atoms with van der Waals surface area (Å²) >= 11 is 0. The molecule has 0 rings (SSSR count). The van der Waals surface area contributed by atoms with Gasteiger partial charge in [0, 0.05) is 0 Å². The van der Waals surface area contributed by atoms with E-state index < -0.39 is 0 Å². The lowest BCUT2D eigenvalue weighted by Gasteiger charge is -1.95.